The fourth-order valence-corrected chi connectivity index (χ4v) is 1.83. The molecule has 0 bridgehead atoms. The Hall–Kier alpha value is -0.940. The summed E-state index contributed by atoms with van der Waals surface area (Å²) in [5, 5.41) is 0. The van der Waals surface area contributed by atoms with E-state index in [1.54, 1.807) is 0 Å². The molecule has 0 fully saturated rings. The maximum Gasteiger partial charge on any atom is 0.437 e. The van der Waals surface area contributed by atoms with Crippen molar-refractivity contribution in [2.24, 2.45) is 0 Å². The van der Waals surface area contributed by atoms with Crippen molar-refractivity contribution >= 4 is 10.5 Å². The summed E-state index contributed by atoms with van der Waals surface area (Å²) in [4.78, 5) is 0. The molecule has 15 heavy (non-hydrogen) atoms. The zero-order valence-electron chi connectivity index (χ0n) is 8.87. The molecule has 0 saturated carbocycles. The highest BCUT2D eigenvalue weighted by Crippen LogP contribution is 2.18. The Balaban J connectivity index is 2.96. The van der Waals surface area contributed by atoms with E-state index in [1.807, 2.05) is 32.9 Å². The van der Waals surface area contributed by atoms with Gasteiger partial charge in [0.2, 0.25) is 0 Å². The molecular weight excluding hydrogens is 219 g/mol. The molecule has 1 aromatic rings. The lowest BCUT2D eigenvalue weighted by Crippen LogP contribution is -2.02. The van der Waals surface area contributed by atoms with E-state index in [-0.39, 0.29) is 6.61 Å². The molecule has 0 spiro atoms. The lowest BCUT2D eigenvalue weighted by Gasteiger charge is -2.09. The number of halogens is 1. The van der Waals surface area contributed by atoms with Crippen LogP contribution in [0.1, 0.15) is 22.3 Å². The molecule has 0 saturated heterocycles. The fourth-order valence-electron chi connectivity index (χ4n) is 1.57. The average molecular weight is 232 g/mol. The van der Waals surface area contributed by atoms with Crippen LogP contribution in [0.5, 0.6) is 0 Å². The summed E-state index contributed by atoms with van der Waals surface area (Å²) in [7, 11) is -4.87. The Morgan fingerprint density at radius 3 is 2.07 bits per heavy atom. The number of rotatable bonds is 3. The van der Waals surface area contributed by atoms with E-state index < -0.39 is 10.5 Å². The minimum Gasteiger partial charge on any atom is -0.240 e. The lowest BCUT2D eigenvalue weighted by molar-refractivity contribution is 0.283. The number of aryl methyl sites for hydroxylation is 3. The summed E-state index contributed by atoms with van der Waals surface area (Å²) in [6.45, 7) is 5.36. The predicted molar refractivity (Wildman–Crippen MR) is 55.5 cm³/mol. The molecule has 0 aliphatic heterocycles. The van der Waals surface area contributed by atoms with Crippen molar-refractivity contribution in [1.29, 1.82) is 0 Å². The monoisotopic (exact) mass is 232 g/mol. The van der Waals surface area contributed by atoms with Crippen LogP contribution in [0.3, 0.4) is 0 Å². The highest BCUT2D eigenvalue weighted by atomic mass is 32.3. The first-order valence-electron chi connectivity index (χ1n) is 4.45. The predicted octanol–water partition coefficient (Wildman–Crippen LogP) is 2.34. The molecule has 0 aliphatic carbocycles. The number of hydrogen-bond donors (Lipinski definition) is 0. The molecule has 5 heteroatoms. The van der Waals surface area contributed by atoms with Crippen LogP contribution in [0.4, 0.5) is 3.89 Å². The normalized spacial score (nSPS) is 11.7. The van der Waals surface area contributed by atoms with E-state index in [0.717, 1.165) is 16.7 Å². The minimum absolute atomic E-state index is 0.253. The van der Waals surface area contributed by atoms with Gasteiger partial charge in [0, 0.05) is 0 Å². The van der Waals surface area contributed by atoms with Gasteiger partial charge in [-0.25, -0.2) is 4.18 Å². The second kappa shape index (κ2) is 4.28. The Bertz CT molecular complexity index is 443. The average Bonchev–Trinajstić information content (AvgIpc) is 1.99. The SMILES string of the molecule is Cc1cc(C)c(COS(=O)(=O)F)c(C)c1. The second-order valence-corrected chi connectivity index (χ2v) is 4.55. The number of benzene rings is 1. The summed E-state index contributed by atoms with van der Waals surface area (Å²) < 4.78 is 36.7. The van der Waals surface area contributed by atoms with E-state index >= 15 is 0 Å². The van der Waals surface area contributed by atoms with Crippen molar-refractivity contribution in [3.05, 3.63) is 34.4 Å². The van der Waals surface area contributed by atoms with Gasteiger partial charge in [-0.2, -0.15) is 8.42 Å². The first-order valence-corrected chi connectivity index (χ1v) is 5.76. The molecule has 3 nitrogen and oxygen atoms in total. The van der Waals surface area contributed by atoms with Gasteiger partial charge >= 0.3 is 10.5 Å². The summed E-state index contributed by atoms with van der Waals surface area (Å²) in [5.74, 6) is 0. The van der Waals surface area contributed by atoms with Gasteiger partial charge in [-0.15, -0.1) is 0 Å². The molecular formula is C10H13FO3S. The molecule has 0 heterocycles. The van der Waals surface area contributed by atoms with E-state index in [4.69, 9.17) is 0 Å². The van der Waals surface area contributed by atoms with Crippen LogP contribution in [-0.4, -0.2) is 8.42 Å². The van der Waals surface area contributed by atoms with Crippen LogP contribution >= 0.6 is 0 Å². The highest BCUT2D eigenvalue weighted by molar-refractivity contribution is 7.81. The highest BCUT2D eigenvalue weighted by Gasteiger charge is 2.10. The van der Waals surface area contributed by atoms with Gasteiger partial charge in [0.25, 0.3) is 0 Å². The molecule has 84 valence electrons. The zero-order chi connectivity index (χ0) is 11.6. The van der Waals surface area contributed by atoms with Gasteiger partial charge in [0.05, 0.1) is 6.61 Å². The molecule has 1 aromatic carbocycles. The van der Waals surface area contributed by atoms with Crippen LogP contribution in [0.25, 0.3) is 0 Å². The van der Waals surface area contributed by atoms with Crippen molar-refractivity contribution in [3.63, 3.8) is 0 Å². The van der Waals surface area contributed by atoms with Crippen molar-refractivity contribution in [3.8, 4) is 0 Å². The van der Waals surface area contributed by atoms with Gasteiger partial charge in [-0.3, -0.25) is 0 Å². The fraction of sp³-hybridized carbons (Fsp3) is 0.400. The van der Waals surface area contributed by atoms with Gasteiger partial charge in [0.1, 0.15) is 0 Å². The first kappa shape index (κ1) is 12.1. The van der Waals surface area contributed by atoms with Crippen LogP contribution in [-0.2, 0) is 21.3 Å². The molecule has 0 N–H and O–H groups in total. The summed E-state index contributed by atoms with van der Waals surface area (Å²) >= 11 is 0. The van der Waals surface area contributed by atoms with Crippen LogP contribution in [0.15, 0.2) is 12.1 Å². The minimum atomic E-state index is -4.87. The van der Waals surface area contributed by atoms with Crippen LogP contribution in [0.2, 0.25) is 0 Å². The summed E-state index contributed by atoms with van der Waals surface area (Å²) in [5.41, 5.74) is 3.59. The second-order valence-electron chi connectivity index (χ2n) is 3.53. The van der Waals surface area contributed by atoms with E-state index in [1.165, 1.54) is 0 Å². The smallest absolute Gasteiger partial charge is 0.240 e. The molecule has 0 amide bonds. The van der Waals surface area contributed by atoms with Crippen LogP contribution < -0.4 is 0 Å². The topological polar surface area (TPSA) is 43.4 Å². The van der Waals surface area contributed by atoms with Gasteiger partial charge in [-0.1, -0.05) is 21.6 Å². The van der Waals surface area contributed by atoms with E-state index in [9.17, 15) is 12.3 Å². The van der Waals surface area contributed by atoms with Crippen molar-refractivity contribution in [2.45, 2.75) is 27.4 Å². The third-order valence-corrected chi connectivity index (χ3v) is 2.58. The Morgan fingerprint density at radius 2 is 1.67 bits per heavy atom. The van der Waals surface area contributed by atoms with Crippen molar-refractivity contribution in [2.75, 3.05) is 0 Å². The van der Waals surface area contributed by atoms with Crippen molar-refractivity contribution in [1.82, 2.24) is 0 Å². The molecule has 0 aromatic heterocycles. The quantitative estimate of drug-likeness (QED) is 0.751. The molecule has 0 aliphatic rings. The Kier molecular flexibility index (Phi) is 3.46. The largest absolute Gasteiger partial charge is 0.437 e. The Morgan fingerprint density at radius 1 is 1.20 bits per heavy atom. The van der Waals surface area contributed by atoms with E-state index in [2.05, 4.69) is 4.18 Å². The molecule has 0 atom stereocenters. The maximum absolute atomic E-state index is 12.2. The van der Waals surface area contributed by atoms with Crippen molar-refractivity contribution < 1.29 is 16.5 Å². The first-order chi connectivity index (χ1) is 6.79. The van der Waals surface area contributed by atoms with E-state index in [0.29, 0.717) is 5.56 Å². The standard InChI is InChI=1S/C10H13FO3S/c1-7-4-8(2)10(9(3)5-7)6-14-15(11,12)13/h4-5H,6H2,1-3H3. The van der Waals surface area contributed by atoms with Gasteiger partial charge in [-0.05, 0) is 37.5 Å². The zero-order valence-corrected chi connectivity index (χ0v) is 9.69. The Labute approximate surface area is 89.3 Å². The molecule has 1 rings (SSSR count). The van der Waals surface area contributed by atoms with Gasteiger partial charge < -0.3 is 0 Å². The lowest BCUT2D eigenvalue weighted by atomic mass is 10.0. The molecule has 0 radical (unpaired) electrons. The maximum atomic E-state index is 12.2. The van der Waals surface area contributed by atoms with Gasteiger partial charge in [0.15, 0.2) is 0 Å². The molecule has 0 unspecified atom stereocenters. The third-order valence-electron chi connectivity index (χ3n) is 2.18. The van der Waals surface area contributed by atoms with Crippen LogP contribution in [0, 0.1) is 20.8 Å². The number of hydrogen-bond acceptors (Lipinski definition) is 3. The summed E-state index contributed by atoms with van der Waals surface area (Å²) in [6, 6.07) is 3.80. The third kappa shape index (κ3) is 3.60. The summed E-state index contributed by atoms with van der Waals surface area (Å²) in [6.07, 6.45) is 0.